The van der Waals surface area contributed by atoms with E-state index >= 15 is 0 Å². The second kappa shape index (κ2) is 5.20. The van der Waals surface area contributed by atoms with E-state index in [1.165, 1.54) is 12.3 Å². The van der Waals surface area contributed by atoms with Gasteiger partial charge < -0.3 is 10.4 Å². The fourth-order valence-electron chi connectivity index (χ4n) is 2.02. The van der Waals surface area contributed by atoms with E-state index in [-0.39, 0.29) is 5.69 Å². The molecule has 3 aromatic heterocycles. The van der Waals surface area contributed by atoms with Crippen molar-refractivity contribution in [1.29, 1.82) is 0 Å². The van der Waals surface area contributed by atoms with Gasteiger partial charge in [-0.3, -0.25) is 0 Å². The second-order valence-corrected chi connectivity index (χ2v) is 4.60. The number of carboxylic acids is 1. The molecule has 0 saturated carbocycles. The predicted molar refractivity (Wildman–Crippen MR) is 76.2 cm³/mol. The SMILES string of the molecule is Cc1cc2c(NCc3ccc(C(=O)O)nc3)nccn2n1. The number of hydrogen-bond acceptors (Lipinski definition) is 5. The van der Waals surface area contributed by atoms with Crippen LogP contribution in [0.5, 0.6) is 0 Å². The molecule has 7 heteroatoms. The Kier molecular flexibility index (Phi) is 3.23. The topological polar surface area (TPSA) is 92.4 Å². The Morgan fingerprint density at radius 3 is 2.95 bits per heavy atom. The molecular weight excluding hydrogens is 270 g/mol. The lowest BCUT2D eigenvalue weighted by Gasteiger charge is -2.06. The normalized spacial score (nSPS) is 10.7. The zero-order valence-corrected chi connectivity index (χ0v) is 11.3. The van der Waals surface area contributed by atoms with Crippen LogP contribution >= 0.6 is 0 Å². The second-order valence-electron chi connectivity index (χ2n) is 4.60. The standard InChI is InChI=1S/C14H13N5O2/c1-9-6-12-13(15-4-5-19(12)18-9)17-8-10-2-3-11(14(20)21)16-7-10/h2-7H,8H2,1H3,(H,15,17)(H,20,21). The number of rotatable bonds is 4. The molecule has 0 aliphatic heterocycles. The molecule has 7 nitrogen and oxygen atoms in total. The van der Waals surface area contributed by atoms with Crippen molar-refractivity contribution in [2.24, 2.45) is 0 Å². The molecule has 0 bridgehead atoms. The maximum Gasteiger partial charge on any atom is 0.354 e. The number of carbonyl (C=O) groups is 1. The van der Waals surface area contributed by atoms with Crippen molar-refractivity contribution >= 4 is 17.3 Å². The van der Waals surface area contributed by atoms with Crippen LogP contribution in [-0.2, 0) is 6.54 Å². The van der Waals surface area contributed by atoms with Crippen molar-refractivity contribution in [2.75, 3.05) is 5.32 Å². The highest BCUT2D eigenvalue weighted by molar-refractivity contribution is 5.85. The molecule has 0 aliphatic carbocycles. The van der Waals surface area contributed by atoms with Gasteiger partial charge in [0.25, 0.3) is 0 Å². The van der Waals surface area contributed by atoms with E-state index in [2.05, 4.69) is 20.4 Å². The Morgan fingerprint density at radius 1 is 1.38 bits per heavy atom. The van der Waals surface area contributed by atoms with Gasteiger partial charge in [-0.05, 0) is 24.6 Å². The van der Waals surface area contributed by atoms with Gasteiger partial charge in [0.15, 0.2) is 5.82 Å². The summed E-state index contributed by atoms with van der Waals surface area (Å²) in [7, 11) is 0. The molecule has 0 atom stereocenters. The molecule has 21 heavy (non-hydrogen) atoms. The van der Waals surface area contributed by atoms with Crippen LogP contribution in [0.25, 0.3) is 5.52 Å². The predicted octanol–water partition coefficient (Wildman–Crippen LogP) is 1.74. The average Bonchev–Trinajstić information content (AvgIpc) is 2.86. The van der Waals surface area contributed by atoms with E-state index in [0.29, 0.717) is 6.54 Å². The number of aryl methyl sites for hydroxylation is 1. The highest BCUT2D eigenvalue weighted by atomic mass is 16.4. The Morgan fingerprint density at radius 2 is 2.24 bits per heavy atom. The van der Waals surface area contributed by atoms with Crippen molar-refractivity contribution in [3.8, 4) is 0 Å². The van der Waals surface area contributed by atoms with Gasteiger partial charge in [-0.2, -0.15) is 5.10 Å². The van der Waals surface area contributed by atoms with Crippen LogP contribution in [-0.4, -0.2) is 30.7 Å². The van der Waals surface area contributed by atoms with Gasteiger partial charge in [0.05, 0.1) is 5.69 Å². The Hall–Kier alpha value is -2.96. The average molecular weight is 283 g/mol. The lowest BCUT2D eigenvalue weighted by Crippen LogP contribution is -2.05. The van der Waals surface area contributed by atoms with E-state index in [1.54, 1.807) is 23.0 Å². The first kappa shape index (κ1) is 13.0. The number of fused-ring (bicyclic) bond motifs is 1. The number of aromatic nitrogens is 4. The van der Waals surface area contributed by atoms with Gasteiger partial charge in [-0.1, -0.05) is 6.07 Å². The summed E-state index contributed by atoms with van der Waals surface area (Å²) in [6, 6.07) is 5.16. The highest BCUT2D eigenvalue weighted by Gasteiger charge is 2.06. The van der Waals surface area contributed by atoms with Crippen molar-refractivity contribution in [1.82, 2.24) is 19.6 Å². The molecule has 0 unspecified atom stereocenters. The van der Waals surface area contributed by atoms with E-state index < -0.39 is 5.97 Å². The Bertz CT molecular complexity index is 795. The van der Waals surface area contributed by atoms with Gasteiger partial charge in [0.1, 0.15) is 11.2 Å². The van der Waals surface area contributed by atoms with Gasteiger partial charge in [-0.15, -0.1) is 0 Å². The fourth-order valence-corrected chi connectivity index (χ4v) is 2.02. The molecule has 0 fully saturated rings. The molecular formula is C14H13N5O2. The van der Waals surface area contributed by atoms with Crippen LogP contribution in [0.2, 0.25) is 0 Å². The van der Waals surface area contributed by atoms with E-state index in [0.717, 1.165) is 22.6 Å². The third kappa shape index (κ3) is 2.66. The summed E-state index contributed by atoms with van der Waals surface area (Å²) in [4.78, 5) is 18.9. The van der Waals surface area contributed by atoms with Crippen LogP contribution in [0.3, 0.4) is 0 Å². The van der Waals surface area contributed by atoms with Crippen LogP contribution in [0.1, 0.15) is 21.7 Å². The van der Waals surface area contributed by atoms with Crippen molar-refractivity contribution in [2.45, 2.75) is 13.5 Å². The van der Waals surface area contributed by atoms with Crippen molar-refractivity contribution < 1.29 is 9.90 Å². The minimum absolute atomic E-state index is 0.0328. The van der Waals surface area contributed by atoms with Crippen LogP contribution in [0, 0.1) is 6.92 Å². The number of nitrogens with one attached hydrogen (secondary N) is 1. The summed E-state index contributed by atoms with van der Waals surface area (Å²) in [5.41, 5.74) is 2.72. The number of carboxylic acid groups (broad SMARTS) is 1. The number of pyridine rings is 1. The van der Waals surface area contributed by atoms with Crippen molar-refractivity contribution in [3.05, 3.63) is 53.7 Å². The minimum atomic E-state index is -1.03. The first-order valence-corrected chi connectivity index (χ1v) is 6.36. The summed E-state index contributed by atoms with van der Waals surface area (Å²) in [6.45, 7) is 2.43. The lowest BCUT2D eigenvalue weighted by molar-refractivity contribution is 0.0690. The zero-order chi connectivity index (χ0) is 14.8. The van der Waals surface area contributed by atoms with E-state index in [4.69, 9.17) is 5.11 Å². The molecule has 106 valence electrons. The van der Waals surface area contributed by atoms with Gasteiger partial charge in [0.2, 0.25) is 0 Å². The maximum absolute atomic E-state index is 10.7. The summed E-state index contributed by atoms with van der Waals surface area (Å²) in [5.74, 6) is -0.309. The van der Waals surface area contributed by atoms with Crippen molar-refractivity contribution in [3.63, 3.8) is 0 Å². The minimum Gasteiger partial charge on any atom is -0.477 e. The third-order valence-corrected chi connectivity index (χ3v) is 3.02. The van der Waals surface area contributed by atoms with Crippen LogP contribution < -0.4 is 5.32 Å². The molecule has 2 N–H and O–H groups in total. The molecule has 0 aliphatic rings. The Labute approximate surface area is 120 Å². The molecule has 0 saturated heterocycles. The number of nitrogens with zero attached hydrogens (tertiary/aromatic N) is 4. The van der Waals surface area contributed by atoms with Gasteiger partial charge in [-0.25, -0.2) is 19.3 Å². The van der Waals surface area contributed by atoms with Crippen LogP contribution in [0.4, 0.5) is 5.82 Å². The van der Waals surface area contributed by atoms with E-state index in [1.807, 2.05) is 13.0 Å². The molecule has 3 heterocycles. The first-order valence-electron chi connectivity index (χ1n) is 6.36. The monoisotopic (exact) mass is 283 g/mol. The van der Waals surface area contributed by atoms with Gasteiger partial charge >= 0.3 is 5.97 Å². The smallest absolute Gasteiger partial charge is 0.354 e. The van der Waals surface area contributed by atoms with E-state index in [9.17, 15) is 4.79 Å². The molecule has 0 amide bonds. The molecule has 0 radical (unpaired) electrons. The summed E-state index contributed by atoms with van der Waals surface area (Å²) in [6.07, 6.45) is 5.00. The molecule has 0 spiro atoms. The quantitative estimate of drug-likeness (QED) is 0.757. The summed E-state index contributed by atoms with van der Waals surface area (Å²) < 4.78 is 1.76. The molecule has 3 rings (SSSR count). The number of hydrogen-bond donors (Lipinski definition) is 2. The highest BCUT2D eigenvalue weighted by Crippen LogP contribution is 2.15. The maximum atomic E-state index is 10.7. The molecule has 3 aromatic rings. The first-order chi connectivity index (χ1) is 10.1. The van der Waals surface area contributed by atoms with Gasteiger partial charge in [0, 0.05) is 25.1 Å². The summed E-state index contributed by atoms with van der Waals surface area (Å²) >= 11 is 0. The van der Waals surface area contributed by atoms with Crippen LogP contribution in [0.15, 0.2) is 36.8 Å². The lowest BCUT2D eigenvalue weighted by atomic mass is 10.2. The third-order valence-electron chi connectivity index (χ3n) is 3.02. The molecule has 0 aromatic carbocycles. The number of anilines is 1. The number of aromatic carboxylic acids is 1. The fraction of sp³-hybridized carbons (Fsp3) is 0.143. The zero-order valence-electron chi connectivity index (χ0n) is 11.3. The Balaban J connectivity index is 1.78. The largest absolute Gasteiger partial charge is 0.477 e. The summed E-state index contributed by atoms with van der Waals surface area (Å²) in [5, 5.41) is 16.3.